The molecule has 78 valence electrons. The van der Waals surface area contributed by atoms with Crippen molar-refractivity contribution in [3.05, 3.63) is 52.2 Å². The SMILES string of the molecule is Fc1cccnc1CNCc1cccs1. The van der Waals surface area contributed by atoms with Crippen LogP contribution < -0.4 is 5.32 Å². The van der Waals surface area contributed by atoms with Crippen LogP contribution in [0.4, 0.5) is 4.39 Å². The second kappa shape index (κ2) is 5.00. The summed E-state index contributed by atoms with van der Waals surface area (Å²) in [5.41, 5.74) is 0.467. The van der Waals surface area contributed by atoms with E-state index >= 15 is 0 Å². The van der Waals surface area contributed by atoms with Gasteiger partial charge in [0, 0.05) is 24.2 Å². The van der Waals surface area contributed by atoms with Gasteiger partial charge >= 0.3 is 0 Å². The zero-order chi connectivity index (χ0) is 10.5. The van der Waals surface area contributed by atoms with E-state index in [1.165, 1.54) is 10.9 Å². The molecular weight excluding hydrogens is 211 g/mol. The number of rotatable bonds is 4. The highest BCUT2D eigenvalue weighted by atomic mass is 32.1. The van der Waals surface area contributed by atoms with E-state index in [1.54, 1.807) is 23.6 Å². The normalized spacial score (nSPS) is 10.5. The minimum atomic E-state index is -0.254. The minimum Gasteiger partial charge on any atom is -0.306 e. The van der Waals surface area contributed by atoms with Crippen LogP contribution in [-0.2, 0) is 13.1 Å². The number of nitrogens with one attached hydrogen (secondary N) is 1. The molecule has 2 aromatic rings. The highest BCUT2D eigenvalue weighted by molar-refractivity contribution is 7.09. The Morgan fingerprint density at radius 1 is 1.27 bits per heavy atom. The summed E-state index contributed by atoms with van der Waals surface area (Å²) in [7, 11) is 0. The lowest BCUT2D eigenvalue weighted by molar-refractivity contribution is 0.575. The summed E-state index contributed by atoms with van der Waals surface area (Å²) in [5, 5.41) is 5.18. The van der Waals surface area contributed by atoms with Crippen molar-refractivity contribution in [1.82, 2.24) is 10.3 Å². The molecule has 0 radical (unpaired) electrons. The second-order valence-electron chi connectivity index (χ2n) is 3.11. The first-order chi connectivity index (χ1) is 7.36. The van der Waals surface area contributed by atoms with Crippen LogP contribution in [0.25, 0.3) is 0 Å². The Bertz CT molecular complexity index is 414. The molecule has 0 atom stereocenters. The molecule has 0 aromatic carbocycles. The van der Waals surface area contributed by atoms with E-state index in [9.17, 15) is 4.39 Å². The Kier molecular flexibility index (Phi) is 3.42. The summed E-state index contributed by atoms with van der Waals surface area (Å²) in [4.78, 5) is 5.20. The van der Waals surface area contributed by atoms with Gasteiger partial charge in [-0.15, -0.1) is 11.3 Å². The number of halogens is 1. The average Bonchev–Trinajstić information content (AvgIpc) is 2.74. The van der Waals surface area contributed by atoms with Crippen molar-refractivity contribution in [2.45, 2.75) is 13.1 Å². The maximum Gasteiger partial charge on any atom is 0.146 e. The van der Waals surface area contributed by atoms with Crippen molar-refractivity contribution in [2.24, 2.45) is 0 Å². The van der Waals surface area contributed by atoms with Gasteiger partial charge in [-0.2, -0.15) is 0 Å². The Labute approximate surface area is 91.8 Å². The molecule has 2 rings (SSSR count). The van der Waals surface area contributed by atoms with Crippen molar-refractivity contribution < 1.29 is 4.39 Å². The number of aromatic nitrogens is 1. The number of nitrogens with zero attached hydrogens (tertiary/aromatic N) is 1. The standard InChI is InChI=1S/C11H11FN2S/c12-10-4-1-5-14-11(10)8-13-7-9-3-2-6-15-9/h1-6,13H,7-8H2. The van der Waals surface area contributed by atoms with Crippen LogP contribution in [0.3, 0.4) is 0 Å². The van der Waals surface area contributed by atoms with Crippen LogP contribution in [0.5, 0.6) is 0 Å². The number of hydrogen-bond donors (Lipinski definition) is 1. The lowest BCUT2D eigenvalue weighted by Gasteiger charge is -2.03. The summed E-state index contributed by atoms with van der Waals surface area (Å²) >= 11 is 1.69. The Hall–Kier alpha value is -1.26. The van der Waals surface area contributed by atoms with E-state index in [4.69, 9.17) is 0 Å². The quantitative estimate of drug-likeness (QED) is 0.860. The Morgan fingerprint density at radius 3 is 2.93 bits per heavy atom. The molecule has 0 fully saturated rings. The summed E-state index contributed by atoms with van der Waals surface area (Å²) in [6, 6.07) is 7.07. The predicted molar refractivity (Wildman–Crippen MR) is 59.1 cm³/mol. The van der Waals surface area contributed by atoms with Gasteiger partial charge in [0.1, 0.15) is 5.82 Å². The van der Waals surface area contributed by atoms with E-state index in [1.807, 2.05) is 17.5 Å². The van der Waals surface area contributed by atoms with Gasteiger partial charge in [0.2, 0.25) is 0 Å². The van der Waals surface area contributed by atoms with Gasteiger partial charge in [0.25, 0.3) is 0 Å². The zero-order valence-electron chi connectivity index (χ0n) is 8.11. The van der Waals surface area contributed by atoms with Gasteiger partial charge in [-0.05, 0) is 23.6 Å². The molecule has 0 bridgehead atoms. The lowest BCUT2D eigenvalue weighted by atomic mass is 10.3. The van der Waals surface area contributed by atoms with Crippen LogP contribution >= 0.6 is 11.3 Å². The molecule has 1 N–H and O–H groups in total. The highest BCUT2D eigenvalue weighted by Crippen LogP contribution is 2.08. The van der Waals surface area contributed by atoms with Crippen molar-refractivity contribution in [2.75, 3.05) is 0 Å². The Morgan fingerprint density at radius 2 is 2.20 bits per heavy atom. The average molecular weight is 222 g/mol. The van der Waals surface area contributed by atoms with Crippen molar-refractivity contribution in [3.63, 3.8) is 0 Å². The fourth-order valence-corrected chi connectivity index (χ4v) is 1.94. The highest BCUT2D eigenvalue weighted by Gasteiger charge is 2.01. The molecule has 0 aliphatic heterocycles. The maximum absolute atomic E-state index is 13.2. The zero-order valence-corrected chi connectivity index (χ0v) is 8.93. The lowest BCUT2D eigenvalue weighted by Crippen LogP contribution is -2.14. The van der Waals surface area contributed by atoms with Crippen LogP contribution in [-0.4, -0.2) is 4.98 Å². The molecule has 0 aliphatic rings. The molecule has 0 aliphatic carbocycles. The van der Waals surface area contributed by atoms with Gasteiger partial charge in [0.15, 0.2) is 0 Å². The molecular formula is C11H11FN2S. The first kappa shape index (κ1) is 10.3. The second-order valence-corrected chi connectivity index (χ2v) is 4.15. The first-order valence-electron chi connectivity index (χ1n) is 4.69. The third-order valence-electron chi connectivity index (χ3n) is 2.01. The van der Waals surface area contributed by atoms with Gasteiger partial charge in [0.05, 0.1) is 5.69 Å². The molecule has 15 heavy (non-hydrogen) atoms. The number of pyridine rings is 1. The Balaban J connectivity index is 1.86. The third kappa shape index (κ3) is 2.84. The molecule has 2 aromatic heterocycles. The smallest absolute Gasteiger partial charge is 0.146 e. The summed E-state index contributed by atoms with van der Waals surface area (Å²) in [6.07, 6.45) is 1.60. The molecule has 4 heteroatoms. The third-order valence-corrected chi connectivity index (χ3v) is 2.88. The van der Waals surface area contributed by atoms with Crippen molar-refractivity contribution in [1.29, 1.82) is 0 Å². The predicted octanol–water partition coefficient (Wildman–Crippen LogP) is 2.57. The van der Waals surface area contributed by atoms with Crippen LogP contribution in [0.1, 0.15) is 10.6 Å². The van der Waals surface area contributed by atoms with Gasteiger partial charge in [-0.25, -0.2) is 4.39 Å². The molecule has 2 nitrogen and oxygen atoms in total. The molecule has 0 unspecified atom stereocenters. The molecule has 0 saturated heterocycles. The number of thiophene rings is 1. The van der Waals surface area contributed by atoms with Crippen LogP contribution in [0.15, 0.2) is 35.8 Å². The van der Waals surface area contributed by atoms with E-state index < -0.39 is 0 Å². The molecule has 0 spiro atoms. The fraction of sp³-hybridized carbons (Fsp3) is 0.182. The van der Waals surface area contributed by atoms with E-state index in [2.05, 4.69) is 10.3 Å². The monoisotopic (exact) mass is 222 g/mol. The molecule has 0 amide bonds. The van der Waals surface area contributed by atoms with Gasteiger partial charge < -0.3 is 5.32 Å². The summed E-state index contributed by atoms with van der Waals surface area (Å²) in [6.45, 7) is 1.22. The topological polar surface area (TPSA) is 24.9 Å². The van der Waals surface area contributed by atoms with E-state index in [-0.39, 0.29) is 5.82 Å². The van der Waals surface area contributed by atoms with Gasteiger partial charge in [-0.3, -0.25) is 4.98 Å². The maximum atomic E-state index is 13.2. The van der Waals surface area contributed by atoms with E-state index in [0.717, 1.165) is 6.54 Å². The van der Waals surface area contributed by atoms with E-state index in [0.29, 0.717) is 12.2 Å². The van der Waals surface area contributed by atoms with Crippen molar-refractivity contribution in [3.8, 4) is 0 Å². The fourth-order valence-electron chi connectivity index (χ4n) is 1.27. The van der Waals surface area contributed by atoms with Gasteiger partial charge in [-0.1, -0.05) is 6.07 Å². The van der Waals surface area contributed by atoms with Crippen LogP contribution in [0, 0.1) is 5.82 Å². The van der Waals surface area contributed by atoms with Crippen molar-refractivity contribution >= 4 is 11.3 Å². The summed E-state index contributed by atoms with van der Waals surface area (Å²) in [5.74, 6) is -0.254. The summed E-state index contributed by atoms with van der Waals surface area (Å²) < 4.78 is 13.2. The minimum absolute atomic E-state index is 0.254. The molecule has 2 heterocycles. The largest absolute Gasteiger partial charge is 0.306 e. The van der Waals surface area contributed by atoms with Crippen LogP contribution in [0.2, 0.25) is 0 Å². The molecule has 0 saturated carbocycles. The first-order valence-corrected chi connectivity index (χ1v) is 5.57. The number of hydrogen-bond acceptors (Lipinski definition) is 3.